The second kappa shape index (κ2) is 7.05. The molecular formula is C16H32N2O. The summed E-state index contributed by atoms with van der Waals surface area (Å²) in [4.78, 5) is 2.58. The predicted octanol–water partition coefficient (Wildman–Crippen LogP) is 2.53. The van der Waals surface area contributed by atoms with E-state index in [1.807, 2.05) is 0 Å². The minimum absolute atomic E-state index is 0.414. The monoisotopic (exact) mass is 268 g/mol. The van der Waals surface area contributed by atoms with E-state index in [0.29, 0.717) is 12.1 Å². The zero-order valence-corrected chi connectivity index (χ0v) is 12.8. The Bertz CT molecular complexity index is 261. The second-order valence-electron chi connectivity index (χ2n) is 6.92. The Morgan fingerprint density at radius 3 is 2.53 bits per heavy atom. The Morgan fingerprint density at radius 1 is 1.11 bits per heavy atom. The van der Waals surface area contributed by atoms with E-state index in [4.69, 9.17) is 0 Å². The van der Waals surface area contributed by atoms with E-state index >= 15 is 0 Å². The highest BCUT2D eigenvalue weighted by Gasteiger charge is 2.30. The van der Waals surface area contributed by atoms with Gasteiger partial charge in [0.05, 0.1) is 5.60 Å². The van der Waals surface area contributed by atoms with Crippen molar-refractivity contribution in [2.45, 2.75) is 82.9 Å². The van der Waals surface area contributed by atoms with Gasteiger partial charge in [0.1, 0.15) is 0 Å². The quantitative estimate of drug-likeness (QED) is 0.822. The number of rotatable bonds is 4. The van der Waals surface area contributed by atoms with Gasteiger partial charge in [-0.05, 0) is 59.0 Å². The number of hydrogen-bond donors (Lipinski definition) is 2. The molecular weight excluding hydrogens is 236 g/mol. The van der Waals surface area contributed by atoms with Crippen molar-refractivity contribution in [3.63, 3.8) is 0 Å². The summed E-state index contributed by atoms with van der Waals surface area (Å²) in [5.41, 5.74) is -0.414. The van der Waals surface area contributed by atoms with Crippen LogP contribution in [0.15, 0.2) is 0 Å². The summed E-state index contributed by atoms with van der Waals surface area (Å²) in [5, 5.41) is 14.2. The van der Waals surface area contributed by atoms with Crippen LogP contribution < -0.4 is 5.32 Å². The van der Waals surface area contributed by atoms with Crippen molar-refractivity contribution in [3.8, 4) is 0 Å². The van der Waals surface area contributed by atoms with Gasteiger partial charge in [-0.1, -0.05) is 19.3 Å². The topological polar surface area (TPSA) is 35.5 Å². The lowest BCUT2D eigenvalue weighted by atomic mass is 9.84. The van der Waals surface area contributed by atoms with Crippen molar-refractivity contribution in [1.29, 1.82) is 0 Å². The van der Waals surface area contributed by atoms with Crippen LogP contribution in [0.4, 0.5) is 0 Å². The molecule has 1 aliphatic heterocycles. The molecule has 2 N–H and O–H groups in total. The zero-order chi connectivity index (χ0) is 13.7. The molecule has 0 aromatic heterocycles. The highest BCUT2D eigenvalue weighted by atomic mass is 16.3. The molecule has 1 unspecified atom stereocenters. The fraction of sp³-hybridized carbons (Fsp3) is 1.00. The Labute approximate surface area is 118 Å². The smallest absolute Gasteiger partial charge is 0.0771 e. The van der Waals surface area contributed by atoms with Gasteiger partial charge in [-0.2, -0.15) is 0 Å². The lowest BCUT2D eigenvalue weighted by molar-refractivity contribution is 0.00226. The highest BCUT2D eigenvalue weighted by Crippen LogP contribution is 2.27. The molecule has 2 rings (SSSR count). The first-order valence-corrected chi connectivity index (χ1v) is 8.29. The number of nitrogens with zero attached hydrogens (tertiary/aromatic N) is 1. The maximum atomic E-state index is 10.5. The Hall–Kier alpha value is -0.120. The van der Waals surface area contributed by atoms with Crippen LogP contribution in [0, 0.1) is 0 Å². The van der Waals surface area contributed by atoms with E-state index in [1.54, 1.807) is 0 Å². The average Bonchev–Trinajstić information content (AvgIpc) is 2.63. The molecule has 0 aromatic carbocycles. The van der Waals surface area contributed by atoms with Crippen molar-refractivity contribution in [3.05, 3.63) is 0 Å². The highest BCUT2D eigenvalue weighted by molar-refractivity contribution is 4.86. The first-order chi connectivity index (χ1) is 9.09. The van der Waals surface area contributed by atoms with Gasteiger partial charge in [0, 0.05) is 18.6 Å². The molecule has 2 aliphatic rings. The summed E-state index contributed by atoms with van der Waals surface area (Å²) in [6.07, 6.45) is 9.46. The molecule has 0 spiro atoms. The Morgan fingerprint density at radius 2 is 1.84 bits per heavy atom. The molecule has 1 heterocycles. The molecule has 2 fully saturated rings. The van der Waals surface area contributed by atoms with Gasteiger partial charge in [-0.15, -0.1) is 0 Å². The first kappa shape index (κ1) is 15.3. The lowest BCUT2D eigenvalue weighted by Crippen LogP contribution is -2.46. The minimum Gasteiger partial charge on any atom is -0.389 e. The lowest BCUT2D eigenvalue weighted by Gasteiger charge is -2.34. The van der Waals surface area contributed by atoms with E-state index in [1.165, 1.54) is 51.6 Å². The molecule has 1 saturated carbocycles. The molecule has 19 heavy (non-hydrogen) atoms. The van der Waals surface area contributed by atoms with E-state index < -0.39 is 5.60 Å². The standard InChI is InChI=1S/C16H32N2O/c1-14(2)18-11-6-7-15(8-12-18)17-13-16(19)9-4-3-5-10-16/h14-15,17,19H,3-13H2,1-2H3. The predicted molar refractivity (Wildman–Crippen MR) is 80.4 cm³/mol. The van der Waals surface area contributed by atoms with E-state index in [2.05, 4.69) is 24.1 Å². The van der Waals surface area contributed by atoms with Gasteiger partial charge in [0.15, 0.2) is 0 Å². The largest absolute Gasteiger partial charge is 0.389 e. The summed E-state index contributed by atoms with van der Waals surface area (Å²) in [6, 6.07) is 1.27. The van der Waals surface area contributed by atoms with Crippen LogP contribution in [0.25, 0.3) is 0 Å². The summed E-state index contributed by atoms with van der Waals surface area (Å²) in [5.74, 6) is 0. The van der Waals surface area contributed by atoms with Crippen LogP contribution in [0.2, 0.25) is 0 Å². The Kier molecular flexibility index (Phi) is 5.67. The molecule has 1 atom stereocenters. The second-order valence-corrected chi connectivity index (χ2v) is 6.92. The van der Waals surface area contributed by atoms with E-state index in [-0.39, 0.29) is 0 Å². The fourth-order valence-corrected chi connectivity index (χ4v) is 3.56. The van der Waals surface area contributed by atoms with Crippen LogP contribution in [0.5, 0.6) is 0 Å². The average molecular weight is 268 g/mol. The summed E-state index contributed by atoms with van der Waals surface area (Å²) in [7, 11) is 0. The van der Waals surface area contributed by atoms with E-state index in [9.17, 15) is 5.11 Å². The van der Waals surface area contributed by atoms with Gasteiger partial charge in [-0.25, -0.2) is 0 Å². The van der Waals surface area contributed by atoms with Crippen LogP contribution in [-0.2, 0) is 0 Å². The maximum Gasteiger partial charge on any atom is 0.0771 e. The first-order valence-electron chi connectivity index (χ1n) is 8.29. The van der Waals surface area contributed by atoms with Crippen molar-refractivity contribution >= 4 is 0 Å². The van der Waals surface area contributed by atoms with Gasteiger partial charge in [-0.3, -0.25) is 0 Å². The molecule has 112 valence electrons. The van der Waals surface area contributed by atoms with Crippen LogP contribution in [0.3, 0.4) is 0 Å². The molecule has 0 bridgehead atoms. The minimum atomic E-state index is -0.414. The number of nitrogens with one attached hydrogen (secondary N) is 1. The fourth-order valence-electron chi connectivity index (χ4n) is 3.56. The van der Waals surface area contributed by atoms with E-state index in [0.717, 1.165) is 19.4 Å². The van der Waals surface area contributed by atoms with Crippen LogP contribution in [0.1, 0.15) is 65.2 Å². The summed E-state index contributed by atoms with van der Waals surface area (Å²) in [6.45, 7) is 7.82. The molecule has 0 amide bonds. The normalized spacial score (nSPS) is 29.4. The molecule has 3 heteroatoms. The van der Waals surface area contributed by atoms with Gasteiger partial charge >= 0.3 is 0 Å². The van der Waals surface area contributed by atoms with Gasteiger partial charge < -0.3 is 15.3 Å². The molecule has 3 nitrogen and oxygen atoms in total. The molecule has 1 saturated heterocycles. The Balaban J connectivity index is 1.73. The zero-order valence-electron chi connectivity index (χ0n) is 12.8. The third-order valence-electron chi connectivity index (χ3n) is 5.00. The third-order valence-corrected chi connectivity index (χ3v) is 5.00. The van der Waals surface area contributed by atoms with Crippen molar-refractivity contribution in [2.24, 2.45) is 0 Å². The maximum absolute atomic E-state index is 10.5. The van der Waals surface area contributed by atoms with Gasteiger partial charge in [0.25, 0.3) is 0 Å². The summed E-state index contributed by atoms with van der Waals surface area (Å²) >= 11 is 0. The number of hydrogen-bond acceptors (Lipinski definition) is 3. The summed E-state index contributed by atoms with van der Waals surface area (Å²) < 4.78 is 0. The molecule has 0 aromatic rings. The van der Waals surface area contributed by atoms with Crippen LogP contribution in [-0.4, -0.2) is 47.3 Å². The van der Waals surface area contributed by atoms with Gasteiger partial charge in [0.2, 0.25) is 0 Å². The third kappa shape index (κ3) is 4.73. The molecule has 0 radical (unpaired) electrons. The number of aliphatic hydroxyl groups is 1. The number of likely N-dealkylation sites (tertiary alicyclic amines) is 1. The molecule has 1 aliphatic carbocycles. The van der Waals surface area contributed by atoms with Crippen LogP contribution >= 0.6 is 0 Å². The van der Waals surface area contributed by atoms with Crippen molar-refractivity contribution in [1.82, 2.24) is 10.2 Å². The van der Waals surface area contributed by atoms with Crippen molar-refractivity contribution < 1.29 is 5.11 Å². The van der Waals surface area contributed by atoms with Crippen molar-refractivity contribution in [2.75, 3.05) is 19.6 Å². The SMILES string of the molecule is CC(C)N1CCCC(NCC2(O)CCCCC2)CC1.